The van der Waals surface area contributed by atoms with Crippen LogP contribution in [0.3, 0.4) is 0 Å². The summed E-state index contributed by atoms with van der Waals surface area (Å²) in [6.45, 7) is 4.04. The number of hydrogen-bond donors (Lipinski definition) is 2. The van der Waals surface area contributed by atoms with Gasteiger partial charge in [-0.3, -0.25) is 14.5 Å². The molecule has 1 atom stereocenters. The Balaban J connectivity index is 1.63. The molecule has 1 aliphatic heterocycles. The fourth-order valence-electron chi connectivity index (χ4n) is 3.22. The lowest BCUT2D eigenvalue weighted by Gasteiger charge is -2.37. The van der Waals surface area contributed by atoms with Crippen molar-refractivity contribution in [3.05, 3.63) is 51.2 Å². The van der Waals surface area contributed by atoms with Crippen LogP contribution in [0.2, 0.25) is 5.02 Å². The van der Waals surface area contributed by atoms with Gasteiger partial charge in [0.15, 0.2) is 0 Å². The molecule has 1 saturated heterocycles. The maximum Gasteiger partial charge on any atom is 0.313 e. The Morgan fingerprint density at radius 2 is 2.00 bits per heavy atom. The van der Waals surface area contributed by atoms with E-state index >= 15 is 0 Å². The summed E-state index contributed by atoms with van der Waals surface area (Å²) in [4.78, 5) is 29.3. The van der Waals surface area contributed by atoms with Crippen LogP contribution < -0.4 is 10.6 Å². The SMILES string of the molecule is CN1CCN(C(CNC(=O)C(=O)Nc2cc(Cl)ccc2C#N)c2ccsc2)CC1. The third kappa shape index (κ3) is 5.55. The average molecular weight is 432 g/mol. The number of hydrogen-bond acceptors (Lipinski definition) is 6. The Morgan fingerprint density at radius 3 is 2.66 bits per heavy atom. The second-order valence-corrected chi connectivity index (χ2v) is 8.09. The Labute approximate surface area is 178 Å². The van der Waals surface area contributed by atoms with Crippen molar-refractivity contribution in [2.45, 2.75) is 6.04 Å². The Morgan fingerprint density at radius 1 is 1.24 bits per heavy atom. The number of anilines is 1. The van der Waals surface area contributed by atoms with Crippen molar-refractivity contribution in [2.24, 2.45) is 0 Å². The van der Waals surface area contributed by atoms with E-state index in [1.54, 1.807) is 17.4 Å². The van der Waals surface area contributed by atoms with Crippen LogP contribution in [0.1, 0.15) is 17.2 Å². The van der Waals surface area contributed by atoms with Gasteiger partial charge in [-0.25, -0.2) is 0 Å². The van der Waals surface area contributed by atoms with Crippen LogP contribution in [0.15, 0.2) is 35.0 Å². The van der Waals surface area contributed by atoms with E-state index in [4.69, 9.17) is 16.9 Å². The van der Waals surface area contributed by atoms with E-state index in [0.29, 0.717) is 11.6 Å². The average Bonchev–Trinajstić information content (AvgIpc) is 3.24. The van der Waals surface area contributed by atoms with Crippen molar-refractivity contribution in [3.63, 3.8) is 0 Å². The highest BCUT2D eigenvalue weighted by molar-refractivity contribution is 7.08. The van der Waals surface area contributed by atoms with Gasteiger partial charge >= 0.3 is 11.8 Å². The lowest BCUT2D eigenvalue weighted by Crippen LogP contribution is -2.49. The van der Waals surface area contributed by atoms with E-state index in [1.807, 2.05) is 17.5 Å². The molecular formula is C20H22ClN5O2S. The van der Waals surface area contributed by atoms with Crippen LogP contribution in [0.4, 0.5) is 5.69 Å². The summed E-state index contributed by atoms with van der Waals surface area (Å²) in [5.74, 6) is -1.57. The molecule has 2 aromatic rings. The molecule has 1 aliphatic rings. The number of carbonyl (C=O) groups is 2. The number of halogens is 1. The van der Waals surface area contributed by atoms with Crippen LogP contribution in [-0.4, -0.2) is 61.4 Å². The quantitative estimate of drug-likeness (QED) is 0.709. The van der Waals surface area contributed by atoms with Gasteiger partial charge in [0.25, 0.3) is 0 Å². The summed E-state index contributed by atoms with van der Waals surface area (Å²) in [7, 11) is 2.09. The highest BCUT2D eigenvalue weighted by Crippen LogP contribution is 2.24. The van der Waals surface area contributed by atoms with Crippen molar-refractivity contribution in [1.29, 1.82) is 5.26 Å². The second-order valence-electron chi connectivity index (χ2n) is 6.88. The zero-order chi connectivity index (χ0) is 20.8. The number of nitrogens with one attached hydrogen (secondary N) is 2. The number of benzene rings is 1. The number of nitriles is 1. The molecule has 9 heteroatoms. The predicted octanol–water partition coefficient (Wildman–Crippen LogP) is 2.32. The molecule has 1 fully saturated rings. The predicted molar refractivity (Wildman–Crippen MR) is 114 cm³/mol. The molecule has 0 saturated carbocycles. The summed E-state index contributed by atoms with van der Waals surface area (Å²) in [5.41, 5.74) is 1.58. The van der Waals surface area contributed by atoms with Gasteiger partial charge in [0.1, 0.15) is 6.07 Å². The number of piperazine rings is 1. The minimum Gasteiger partial charge on any atom is -0.346 e. The normalized spacial score (nSPS) is 16.0. The van der Waals surface area contributed by atoms with E-state index in [9.17, 15) is 9.59 Å². The molecule has 2 N–H and O–H groups in total. The van der Waals surface area contributed by atoms with Gasteiger partial charge in [0.05, 0.1) is 17.3 Å². The first-order valence-corrected chi connectivity index (χ1v) is 10.5. The first kappa shape index (κ1) is 21.3. The van der Waals surface area contributed by atoms with E-state index in [2.05, 4.69) is 32.9 Å². The van der Waals surface area contributed by atoms with E-state index in [0.717, 1.165) is 31.7 Å². The van der Waals surface area contributed by atoms with Crippen LogP contribution in [-0.2, 0) is 9.59 Å². The number of nitrogens with zero attached hydrogens (tertiary/aromatic N) is 3. The van der Waals surface area contributed by atoms with Crippen molar-refractivity contribution < 1.29 is 9.59 Å². The van der Waals surface area contributed by atoms with Crippen LogP contribution in [0.5, 0.6) is 0 Å². The molecule has 0 bridgehead atoms. The zero-order valence-corrected chi connectivity index (χ0v) is 17.6. The molecule has 0 aliphatic carbocycles. The maximum absolute atomic E-state index is 12.4. The molecule has 29 heavy (non-hydrogen) atoms. The van der Waals surface area contributed by atoms with Gasteiger partial charge in [-0.15, -0.1) is 0 Å². The van der Waals surface area contributed by atoms with Gasteiger partial charge in [-0.05, 0) is 47.6 Å². The molecule has 0 radical (unpaired) electrons. The van der Waals surface area contributed by atoms with Crippen molar-refractivity contribution in [3.8, 4) is 6.07 Å². The topological polar surface area (TPSA) is 88.5 Å². The summed E-state index contributed by atoms with van der Waals surface area (Å²) < 4.78 is 0. The summed E-state index contributed by atoms with van der Waals surface area (Å²) in [6, 6.07) is 8.52. The largest absolute Gasteiger partial charge is 0.346 e. The Kier molecular flexibility index (Phi) is 7.23. The number of carbonyl (C=O) groups excluding carboxylic acids is 2. The summed E-state index contributed by atoms with van der Waals surface area (Å²) in [5, 5.41) is 18.8. The smallest absolute Gasteiger partial charge is 0.313 e. The van der Waals surface area contributed by atoms with Gasteiger partial charge in [-0.2, -0.15) is 16.6 Å². The van der Waals surface area contributed by atoms with E-state index < -0.39 is 11.8 Å². The number of thiophene rings is 1. The van der Waals surface area contributed by atoms with Crippen molar-refractivity contribution in [2.75, 3.05) is 45.1 Å². The van der Waals surface area contributed by atoms with Crippen molar-refractivity contribution >= 4 is 40.4 Å². The van der Waals surface area contributed by atoms with Crippen molar-refractivity contribution in [1.82, 2.24) is 15.1 Å². The molecule has 2 heterocycles. The first-order valence-electron chi connectivity index (χ1n) is 9.21. The van der Waals surface area contributed by atoms with E-state index in [1.165, 1.54) is 12.1 Å². The fraction of sp³-hybridized carbons (Fsp3) is 0.350. The van der Waals surface area contributed by atoms with Crippen LogP contribution >= 0.6 is 22.9 Å². The minimum atomic E-state index is -0.828. The summed E-state index contributed by atoms with van der Waals surface area (Å²) >= 11 is 7.53. The first-order chi connectivity index (χ1) is 14.0. The maximum atomic E-state index is 12.4. The van der Waals surface area contributed by atoms with Crippen LogP contribution in [0, 0.1) is 11.3 Å². The van der Waals surface area contributed by atoms with Gasteiger partial charge in [-0.1, -0.05) is 11.6 Å². The molecule has 1 aromatic heterocycles. The lowest BCUT2D eigenvalue weighted by molar-refractivity contribution is -0.136. The second kappa shape index (κ2) is 9.85. The number of rotatable bonds is 5. The zero-order valence-electron chi connectivity index (χ0n) is 16.0. The highest BCUT2D eigenvalue weighted by atomic mass is 35.5. The Hall–Kier alpha value is -2.44. The number of likely N-dealkylation sites (N-methyl/N-ethyl adjacent to an activating group) is 1. The van der Waals surface area contributed by atoms with Gasteiger partial charge in [0, 0.05) is 37.7 Å². The minimum absolute atomic E-state index is 0.00698. The number of amides is 2. The van der Waals surface area contributed by atoms with E-state index in [-0.39, 0.29) is 17.3 Å². The monoisotopic (exact) mass is 431 g/mol. The molecule has 3 rings (SSSR count). The third-order valence-electron chi connectivity index (χ3n) is 4.92. The molecule has 1 aromatic carbocycles. The standard InChI is InChI=1S/C20H22ClN5O2S/c1-25-5-7-26(8-6-25)18(15-4-9-29-13-15)12-23-19(27)20(28)24-17-10-16(21)3-2-14(17)11-22/h2-4,9-10,13,18H,5-8,12H2,1H3,(H,23,27)(H,24,28). The highest BCUT2D eigenvalue weighted by Gasteiger charge is 2.26. The molecule has 152 valence electrons. The summed E-state index contributed by atoms with van der Waals surface area (Å²) in [6.07, 6.45) is 0. The molecule has 0 spiro atoms. The molecule has 7 nitrogen and oxygen atoms in total. The fourth-order valence-corrected chi connectivity index (χ4v) is 4.10. The van der Waals surface area contributed by atoms with Gasteiger partial charge in [0.2, 0.25) is 0 Å². The molecule has 1 unspecified atom stereocenters. The molecular weight excluding hydrogens is 410 g/mol. The van der Waals surface area contributed by atoms with Gasteiger partial charge < -0.3 is 15.5 Å². The lowest BCUT2D eigenvalue weighted by atomic mass is 10.1. The third-order valence-corrected chi connectivity index (χ3v) is 5.86. The Bertz CT molecular complexity index is 904. The van der Waals surface area contributed by atoms with Crippen LogP contribution in [0.25, 0.3) is 0 Å². The molecule has 2 amide bonds.